The second-order valence-corrected chi connectivity index (χ2v) is 4.57. The van der Waals surface area contributed by atoms with Crippen molar-refractivity contribution in [2.75, 3.05) is 0 Å². The van der Waals surface area contributed by atoms with Gasteiger partial charge >= 0.3 is 0 Å². The number of nitro groups is 1. The number of pyridine rings is 1. The molecule has 1 atom stereocenters. The Kier molecular flexibility index (Phi) is 4.16. The summed E-state index contributed by atoms with van der Waals surface area (Å²) in [5, 5.41) is 10.7. The maximum atomic E-state index is 10.7. The largest absolute Gasteiger partial charge is 0.439 e. The van der Waals surface area contributed by atoms with Crippen molar-refractivity contribution >= 4 is 17.3 Å². The molecule has 0 amide bonds. The molecule has 0 aliphatic rings. The van der Waals surface area contributed by atoms with Crippen LogP contribution < -0.4 is 10.5 Å². The van der Waals surface area contributed by atoms with Crippen LogP contribution in [0.4, 0.5) is 5.69 Å². The first-order chi connectivity index (χ1) is 9.49. The monoisotopic (exact) mass is 293 g/mol. The average Bonchev–Trinajstić information content (AvgIpc) is 2.38. The summed E-state index contributed by atoms with van der Waals surface area (Å²) in [5.74, 6) is 0.716. The van der Waals surface area contributed by atoms with Gasteiger partial charge in [0.25, 0.3) is 5.69 Å². The van der Waals surface area contributed by atoms with E-state index in [-0.39, 0.29) is 16.8 Å². The van der Waals surface area contributed by atoms with Crippen LogP contribution in [0.5, 0.6) is 11.6 Å². The van der Waals surface area contributed by atoms with Crippen molar-refractivity contribution < 1.29 is 9.66 Å². The molecular weight excluding hydrogens is 282 g/mol. The summed E-state index contributed by atoms with van der Waals surface area (Å²) in [6.45, 7) is 1.81. The van der Waals surface area contributed by atoms with E-state index in [4.69, 9.17) is 22.1 Å². The molecule has 1 aromatic carbocycles. The minimum atomic E-state index is -0.555. The van der Waals surface area contributed by atoms with E-state index in [1.807, 2.05) is 6.92 Å². The Morgan fingerprint density at radius 3 is 2.80 bits per heavy atom. The van der Waals surface area contributed by atoms with Crippen molar-refractivity contribution in [2.24, 2.45) is 5.73 Å². The number of nitrogens with two attached hydrogens (primary N) is 1. The predicted molar refractivity (Wildman–Crippen MR) is 75.0 cm³/mol. The summed E-state index contributed by atoms with van der Waals surface area (Å²) in [5.41, 5.74) is 6.39. The summed E-state index contributed by atoms with van der Waals surface area (Å²) < 4.78 is 5.59. The first-order valence-corrected chi connectivity index (χ1v) is 6.19. The minimum Gasteiger partial charge on any atom is -0.439 e. The molecule has 1 aromatic heterocycles. The first-order valence-electron chi connectivity index (χ1n) is 5.81. The minimum absolute atomic E-state index is 0.00535. The summed E-state index contributed by atoms with van der Waals surface area (Å²) in [6.07, 6.45) is 1.58. The van der Waals surface area contributed by atoms with Gasteiger partial charge in [-0.3, -0.25) is 10.1 Å². The Labute approximate surface area is 120 Å². The second-order valence-electron chi connectivity index (χ2n) is 4.16. The Morgan fingerprint density at radius 1 is 1.45 bits per heavy atom. The number of halogens is 1. The standard InChI is InChI=1S/C13H12ClN3O3/c1-8(15)10-3-2-6-16-13(10)20-9-4-5-12(17(18)19)11(14)7-9/h2-8H,15H2,1H3/t8-/m1/s1. The van der Waals surface area contributed by atoms with Crippen molar-refractivity contribution in [3.63, 3.8) is 0 Å². The Hall–Kier alpha value is -2.18. The highest BCUT2D eigenvalue weighted by atomic mass is 35.5. The van der Waals surface area contributed by atoms with Crippen molar-refractivity contribution in [1.82, 2.24) is 4.98 Å². The van der Waals surface area contributed by atoms with Crippen LogP contribution in [0.2, 0.25) is 5.02 Å². The molecule has 20 heavy (non-hydrogen) atoms. The third-order valence-corrected chi connectivity index (χ3v) is 2.92. The van der Waals surface area contributed by atoms with Crippen LogP contribution in [-0.4, -0.2) is 9.91 Å². The quantitative estimate of drug-likeness (QED) is 0.688. The zero-order valence-corrected chi connectivity index (χ0v) is 11.4. The molecule has 0 bridgehead atoms. The SMILES string of the molecule is C[C@@H](N)c1cccnc1Oc1ccc([N+](=O)[O-])c(Cl)c1. The Morgan fingerprint density at radius 2 is 2.20 bits per heavy atom. The molecule has 0 fully saturated rings. The predicted octanol–water partition coefficient (Wildman–Crippen LogP) is 3.46. The fourth-order valence-electron chi connectivity index (χ4n) is 1.65. The fraction of sp³-hybridized carbons (Fsp3) is 0.154. The highest BCUT2D eigenvalue weighted by Crippen LogP contribution is 2.32. The highest BCUT2D eigenvalue weighted by Gasteiger charge is 2.15. The summed E-state index contributed by atoms with van der Waals surface area (Å²) in [4.78, 5) is 14.2. The number of hydrogen-bond acceptors (Lipinski definition) is 5. The van der Waals surface area contributed by atoms with Crippen LogP contribution in [0.1, 0.15) is 18.5 Å². The molecule has 0 radical (unpaired) electrons. The molecule has 0 saturated carbocycles. The fourth-order valence-corrected chi connectivity index (χ4v) is 1.89. The Balaban J connectivity index is 2.31. The van der Waals surface area contributed by atoms with Crippen LogP contribution in [-0.2, 0) is 0 Å². The van der Waals surface area contributed by atoms with Gasteiger partial charge in [-0.05, 0) is 19.1 Å². The second kappa shape index (κ2) is 5.85. The van der Waals surface area contributed by atoms with Gasteiger partial charge in [-0.2, -0.15) is 0 Å². The lowest BCUT2D eigenvalue weighted by atomic mass is 10.1. The molecular formula is C13H12ClN3O3. The van der Waals surface area contributed by atoms with E-state index in [1.54, 1.807) is 18.3 Å². The molecule has 0 unspecified atom stereocenters. The topological polar surface area (TPSA) is 91.3 Å². The molecule has 0 spiro atoms. The molecule has 104 valence electrons. The molecule has 0 aliphatic carbocycles. The van der Waals surface area contributed by atoms with Crippen LogP contribution in [0.15, 0.2) is 36.5 Å². The number of nitrogens with zero attached hydrogens (tertiary/aromatic N) is 2. The van der Waals surface area contributed by atoms with E-state index in [2.05, 4.69) is 4.98 Å². The summed E-state index contributed by atoms with van der Waals surface area (Å²) in [7, 11) is 0. The van der Waals surface area contributed by atoms with Crippen LogP contribution in [0.25, 0.3) is 0 Å². The lowest BCUT2D eigenvalue weighted by molar-refractivity contribution is -0.384. The van der Waals surface area contributed by atoms with Crippen LogP contribution in [0, 0.1) is 10.1 Å². The number of nitro benzene ring substituents is 1. The molecule has 2 N–H and O–H groups in total. The normalized spacial score (nSPS) is 11.9. The van der Waals surface area contributed by atoms with Crippen LogP contribution >= 0.6 is 11.6 Å². The van der Waals surface area contributed by atoms with E-state index >= 15 is 0 Å². The van der Waals surface area contributed by atoms with Crippen molar-refractivity contribution in [2.45, 2.75) is 13.0 Å². The van der Waals surface area contributed by atoms with E-state index in [0.717, 1.165) is 5.56 Å². The maximum absolute atomic E-state index is 10.7. The first kappa shape index (κ1) is 14.2. The molecule has 0 aliphatic heterocycles. The van der Waals surface area contributed by atoms with Crippen molar-refractivity contribution in [3.05, 3.63) is 57.2 Å². The summed E-state index contributed by atoms with van der Waals surface area (Å²) >= 11 is 5.83. The zero-order valence-electron chi connectivity index (χ0n) is 10.6. The number of hydrogen-bond donors (Lipinski definition) is 1. The zero-order chi connectivity index (χ0) is 14.7. The van der Waals surface area contributed by atoms with Gasteiger partial charge in [0.1, 0.15) is 10.8 Å². The van der Waals surface area contributed by atoms with Gasteiger partial charge in [0.2, 0.25) is 5.88 Å². The van der Waals surface area contributed by atoms with Gasteiger partial charge < -0.3 is 10.5 Å². The number of rotatable bonds is 4. The molecule has 1 heterocycles. The molecule has 0 saturated heterocycles. The van der Waals surface area contributed by atoms with Gasteiger partial charge in [-0.1, -0.05) is 17.7 Å². The number of benzene rings is 1. The van der Waals surface area contributed by atoms with Gasteiger partial charge in [0.15, 0.2) is 0 Å². The Bertz CT molecular complexity index is 647. The molecule has 7 heteroatoms. The lowest BCUT2D eigenvalue weighted by Crippen LogP contribution is -2.07. The number of aromatic nitrogens is 1. The van der Waals surface area contributed by atoms with E-state index in [1.165, 1.54) is 18.2 Å². The van der Waals surface area contributed by atoms with E-state index < -0.39 is 4.92 Å². The average molecular weight is 294 g/mol. The third kappa shape index (κ3) is 3.04. The maximum Gasteiger partial charge on any atom is 0.288 e. The number of ether oxygens (including phenoxy) is 1. The summed E-state index contributed by atoms with van der Waals surface area (Å²) in [6, 6.07) is 7.44. The van der Waals surface area contributed by atoms with Crippen molar-refractivity contribution in [1.29, 1.82) is 0 Å². The molecule has 2 aromatic rings. The van der Waals surface area contributed by atoms with E-state index in [9.17, 15) is 10.1 Å². The van der Waals surface area contributed by atoms with Crippen molar-refractivity contribution in [3.8, 4) is 11.6 Å². The molecule has 2 rings (SSSR count). The smallest absolute Gasteiger partial charge is 0.288 e. The van der Waals surface area contributed by atoms with Gasteiger partial charge in [0, 0.05) is 29.9 Å². The third-order valence-electron chi connectivity index (χ3n) is 2.62. The molecule has 6 nitrogen and oxygen atoms in total. The van der Waals surface area contributed by atoms with Gasteiger partial charge in [-0.25, -0.2) is 4.98 Å². The lowest BCUT2D eigenvalue weighted by Gasteiger charge is -2.12. The highest BCUT2D eigenvalue weighted by molar-refractivity contribution is 6.32. The van der Waals surface area contributed by atoms with Gasteiger partial charge in [0.05, 0.1) is 4.92 Å². The van der Waals surface area contributed by atoms with E-state index in [0.29, 0.717) is 11.6 Å². The van der Waals surface area contributed by atoms with Crippen LogP contribution in [0.3, 0.4) is 0 Å². The van der Waals surface area contributed by atoms with Gasteiger partial charge in [-0.15, -0.1) is 0 Å².